The van der Waals surface area contributed by atoms with E-state index < -0.39 is 5.82 Å². The number of hydrazone groups is 1. The van der Waals surface area contributed by atoms with Crippen LogP contribution in [0.2, 0.25) is 0 Å². The third-order valence-corrected chi connectivity index (χ3v) is 6.77. The molecule has 0 saturated carbocycles. The molecule has 8 nitrogen and oxygen atoms in total. The zero-order valence-corrected chi connectivity index (χ0v) is 24.6. The summed E-state index contributed by atoms with van der Waals surface area (Å²) in [5.41, 5.74) is 7.83. The Bertz CT molecular complexity index is 1290. The van der Waals surface area contributed by atoms with E-state index in [0.717, 1.165) is 17.6 Å². The van der Waals surface area contributed by atoms with Crippen molar-refractivity contribution in [2.75, 3.05) is 41.9 Å². The molecule has 0 radical (unpaired) electrons. The first kappa shape index (κ1) is 30.8. The Hall–Kier alpha value is -3.76. The lowest BCUT2D eigenvalue weighted by Crippen LogP contribution is -2.37. The van der Waals surface area contributed by atoms with Crippen LogP contribution < -0.4 is 15.6 Å². The summed E-state index contributed by atoms with van der Waals surface area (Å²) in [5.74, 6) is -0.0131. The van der Waals surface area contributed by atoms with Crippen LogP contribution >= 0.6 is 11.8 Å². The highest BCUT2D eigenvalue weighted by molar-refractivity contribution is 8.02. The number of morpholine rings is 1. The number of halogens is 1. The number of nitrogens with one attached hydrogen (secondary N) is 2. The molecule has 40 heavy (non-hydrogen) atoms. The molecule has 0 amide bonds. The first-order chi connectivity index (χ1) is 19.7. The Morgan fingerprint density at radius 2 is 1.80 bits per heavy atom. The topological polar surface area (TPSA) is 87.6 Å². The highest BCUT2D eigenvalue weighted by Gasteiger charge is 2.17. The van der Waals surface area contributed by atoms with Gasteiger partial charge in [0.05, 0.1) is 48.5 Å². The average Bonchev–Trinajstić information content (AvgIpc) is 3.02. The first-order valence-electron chi connectivity index (χ1n) is 13.6. The monoisotopic (exact) mass is 563 g/mol. The van der Waals surface area contributed by atoms with Crippen molar-refractivity contribution in [1.82, 2.24) is 15.0 Å². The fourth-order valence-corrected chi connectivity index (χ4v) is 4.87. The van der Waals surface area contributed by atoms with E-state index in [1.54, 1.807) is 12.4 Å². The Balaban J connectivity index is 0.00000106. The summed E-state index contributed by atoms with van der Waals surface area (Å²) in [6, 6.07) is 10.2. The Kier molecular flexibility index (Phi) is 12.6. The summed E-state index contributed by atoms with van der Waals surface area (Å²) >= 11 is 1.81. The minimum absolute atomic E-state index is 0.212. The van der Waals surface area contributed by atoms with Gasteiger partial charge in [0.2, 0.25) is 5.95 Å². The highest BCUT2D eigenvalue weighted by atomic mass is 32.2. The number of aromatic nitrogens is 3. The van der Waals surface area contributed by atoms with E-state index in [1.807, 2.05) is 56.5 Å². The van der Waals surface area contributed by atoms with Gasteiger partial charge in [0.1, 0.15) is 0 Å². The standard InChI is InChI=1S/C26H26FN7OS.2C2H6/c1-18-14-19(7-8-22(18)24-4-2-3-13-36-24)31-21-6-5-20(28-15-21)16-30-33-26-29-17-23(27)25(32-26)34-9-11-35-12-10-34;2*1-2/h2-8,13-17,24,31H,9-12H2,1H3,(H,29,32,33);2*1-2H3/b30-16+;;. The molecular formula is C30H38FN7OS. The molecule has 4 heterocycles. The van der Waals surface area contributed by atoms with Crippen LogP contribution in [0.25, 0.3) is 0 Å². The maximum atomic E-state index is 14.2. The molecule has 0 aliphatic carbocycles. The van der Waals surface area contributed by atoms with Crippen LogP contribution in [0.3, 0.4) is 0 Å². The predicted molar refractivity (Wildman–Crippen MR) is 166 cm³/mol. The van der Waals surface area contributed by atoms with Crippen molar-refractivity contribution < 1.29 is 9.13 Å². The molecule has 2 aromatic heterocycles. The van der Waals surface area contributed by atoms with Gasteiger partial charge in [0.15, 0.2) is 11.6 Å². The van der Waals surface area contributed by atoms with Gasteiger partial charge in [-0.15, -0.1) is 11.8 Å². The molecule has 1 unspecified atom stereocenters. The Labute approximate surface area is 240 Å². The van der Waals surface area contributed by atoms with Crippen molar-refractivity contribution in [3.8, 4) is 0 Å². The largest absolute Gasteiger partial charge is 0.378 e. The van der Waals surface area contributed by atoms with E-state index in [1.165, 1.54) is 11.1 Å². The van der Waals surface area contributed by atoms with Crippen molar-refractivity contribution in [3.05, 3.63) is 89.0 Å². The first-order valence-corrected chi connectivity index (χ1v) is 14.6. The number of hydrogen-bond acceptors (Lipinski definition) is 9. The van der Waals surface area contributed by atoms with Crippen molar-refractivity contribution in [3.63, 3.8) is 0 Å². The van der Waals surface area contributed by atoms with Crippen LogP contribution in [-0.2, 0) is 4.74 Å². The molecular weight excluding hydrogens is 525 g/mol. The number of pyridine rings is 1. The van der Waals surface area contributed by atoms with Crippen molar-refractivity contribution in [1.29, 1.82) is 0 Å². The number of nitrogens with zero attached hydrogens (tertiary/aromatic N) is 5. The Morgan fingerprint density at radius 1 is 1.02 bits per heavy atom. The summed E-state index contributed by atoms with van der Waals surface area (Å²) in [7, 11) is 0. The summed E-state index contributed by atoms with van der Waals surface area (Å²) in [6.07, 6.45) is 10.8. The maximum absolute atomic E-state index is 14.2. The van der Waals surface area contributed by atoms with E-state index in [9.17, 15) is 4.39 Å². The molecule has 10 heteroatoms. The number of hydrogen-bond donors (Lipinski definition) is 2. The minimum Gasteiger partial charge on any atom is -0.378 e. The van der Waals surface area contributed by atoms with Gasteiger partial charge >= 0.3 is 0 Å². The average molecular weight is 564 g/mol. The van der Waals surface area contributed by atoms with Crippen LogP contribution in [0.15, 0.2) is 71.5 Å². The Morgan fingerprint density at radius 3 is 2.48 bits per heavy atom. The predicted octanol–water partition coefficient (Wildman–Crippen LogP) is 7.26. The van der Waals surface area contributed by atoms with Crippen molar-refractivity contribution in [2.45, 2.75) is 39.9 Å². The van der Waals surface area contributed by atoms with Gasteiger partial charge in [-0.1, -0.05) is 52.0 Å². The molecule has 2 aliphatic heterocycles. The zero-order chi connectivity index (χ0) is 28.7. The van der Waals surface area contributed by atoms with Crippen molar-refractivity contribution in [2.24, 2.45) is 5.10 Å². The van der Waals surface area contributed by atoms with Gasteiger partial charge in [0, 0.05) is 18.8 Å². The third-order valence-electron chi connectivity index (χ3n) is 5.75. The molecule has 1 fully saturated rings. The second-order valence-electron chi connectivity index (χ2n) is 8.27. The summed E-state index contributed by atoms with van der Waals surface area (Å²) < 4.78 is 19.5. The normalized spacial score (nSPS) is 16.1. The molecule has 212 valence electrons. The molecule has 1 aromatic carbocycles. The number of allylic oxidation sites excluding steroid dienone is 2. The van der Waals surface area contributed by atoms with Crippen molar-refractivity contribution >= 4 is 41.1 Å². The highest BCUT2D eigenvalue weighted by Crippen LogP contribution is 2.36. The fraction of sp³-hybridized carbons (Fsp3) is 0.333. The minimum atomic E-state index is -0.470. The van der Waals surface area contributed by atoms with Gasteiger partial charge in [-0.25, -0.2) is 14.8 Å². The van der Waals surface area contributed by atoms with E-state index >= 15 is 0 Å². The number of thioether (sulfide) groups is 1. The van der Waals surface area contributed by atoms with Crippen LogP contribution in [0, 0.1) is 12.7 Å². The number of benzene rings is 1. The van der Waals surface area contributed by atoms with Gasteiger partial charge in [0.25, 0.3) is 0 Å². The van der Waals surface area contributed by atoms with Gasteiger partial charge in [-0.2, -0.15) is 10.1 Å². The molecule has 5 rings (SSSR count). The third kappa shape index (κ3) is 8.62. The maximum Gasteiger partial charge on any atom is 0.245 e. The van der Waals surface area contributed by atoms with Crippen LogP contribution in [0.5, 0.6) is 0 Å². The molecule has 2 N–H and O–H groups in total. The zero-order valence-electron chi connectivity index (χ0n) is 23.8. The number of rotatable bonds is 7. The lowest BCUT2D eigenvalue weighted by atomic mass is 10.0. The lowest BCUT2D eigenvalue weighted by molar-refractivity contribution is 0.122. The number of aryl methyl sites for hydroxylation is 1. The van der Waals surface area contributed by atoms with Crippen LogP contribution in [-0.4, -0.2) is 47.5 Å². The number of anilines is 4. The fourth-order valence-electron chi connectivity index (χ4n) is 3.92. The molecule has 2 aliphatic rings. The SMILES string of the molecule is CC.CC.Cc1cc(Nc2ccc(/C=N/Nc3ncc(F)c(N4CCOCC4)n3)nc2)ccc1C1C=CC=CS1. The second-order valence-corrected chi connectivity index (χ2v) is 9.32. The molecule has 3 aromatic rings. The summed E-state index contributed by atoms with van der Waals surface area (Å²) in [5, 5.41) is 10.0. The molecule has 0 bridgehead atoms. The van der Waals surface area contributed by atoms with E-state index in [4.69, 9.17) is 4.74 Å². The molecule has 1 atom stereocenters. The van der Waals surface area contributed by atoms with Crippen LogP contribution in [0.1, 0.15) is 49.8 Å². The second kappa shape index (κ2) is 16.4. The summed E-state index contributed by atoms with van der Waals surface area (Å²) in [4.78, 5) is 14.5. The summed E-state index contributed by atoms with van der Waals surface area (Å²) in [6.45, 7) is 12.4. The van der Waals surface area contributed by atoms with E-state index in [0.29, 0.717) is 37.2 Å². The number of ether oxygens (including phenoxy) is 1. The van der Waals surface area contributed by atoms with Gasteiger partial charge in [-0.05, 0) is 47.7 Å². The molecule has 1 saturated heterocycles. The van der Waals surface area contributed by atoms with Crippen LogP contribution in [0.4, 0.5) is 27.5 Å². The van der Waals surface area contributed by atoms with Gasteiger partial charge in [-0.3, -0.25) is 4.98 Å². The van der Waals surface area contributed by atoms with Gasteiger partial charge < -0.3 is 15.0 Å². The van der Waals surface area contributed by atoms with E-state index in [2.05, 4.69) is 79.6 Å². The lowest BCUT2D eigenvalue weighted by Gasteiger charge is -2.27. The van der Waals surface area contributed by atoms with E-state index in [-0.39, 0.29) is 11.8 Å². The smallest absolute Gasteiger partial charge is 0.245 e. The quantitative estimate of drug-likeness (QED) is 0.229. The molecule has 0 spiro atoms.